The molecule has 1 atom stereocenters. The molecule has 6 nitrogen and oxygen atoms in total. The molecule has 1 aromatic heterocycles. The zero-order chi connectivity index (χ0) is 14.0. The molecule has 1 N–H and O–H groups in total. The highest BCUT2D eigenvalue weighted by atomic mass is 16.2. The van der Waals surface area contributed by atoms with Gasteiger partial charge in [0.1, 0.15) is 12.1 Å². The summed E-state index contributed by atoms with van der Waals surface area (Å²) in [5.74, 6) is -0.207. The van der Waals surface area contributed by atoms with Crippen molar-refractivity contribution >= 4 is 11.8 Å². The molecule has 102 valence electrons. The van der Waals surface area contributed by atoms with E-state index in [0.29, 0.717) is 18.7 Å². The van der Waals surface area contributed by atoms with Crippen molar-refractivity contribution in [2.45, 2.75) is 39.3 Å². The van der Waals surface area contributed by atoms with Crippen LogP contribution in [0.3, 0.4) is 0 Å². The van der Waals surface area contributed by atoms with E-state index >= 15 is 0 Å². The Morgan fingerprint density at radius 3 is 2.68 bits per heavy atom. The number of carbonyl (C=O) groups excluding carboxylic acids is 2. The van der Waals surface area contributed by atoms with Gasteiger partial charge in [0.05, 0.1) is 24.1 Å². The van der Waals surface area contributed by atoms with Gasteiger partial charge in [-0.25, -0.2) is 0 Å². The minimum atomic E-state index is -0.812. The molecule has 0 radical (unpaired) electrons. The van der Waals surface area contributed by atoms with Gasteiger partial charge in [0, 0.05) is 6.20 Å². The minimum absolute atomic E-state index is 0.0722. The Balaban J connectivity index is 2.17. The average molecular weight is 262 g/mol. The number of rotatable bonds is 3. The van der Waals surface area contributed by atoms with Gasteiger partial charge >= 0.3 is 0 Å². The predicted octanol–water partition coefficient (Wildman–Crippen LogP) is 0.412. The predicted molar refractivity (Wildman–Crippen MR) is 69.0 cm³/mol. The lowest BCUT2D eigenvalue weighted by molar-refractivity contribution is -0.150. The molecule has 2 heterocycles. The molecule has 0 saturated carbocycles. The Morgan fingerprint density at radius 1 is 1.37 bits per heavy atom. The molecule has 1 saturated heterocycles. The molecule has 0 aromatic carbocycles. The monoisotopic (exact) mass is 262 g/mol. The summed E-state index contributed by atoms with van der Waals surface area (Å²) in [5.41, 5.74) is 0.699. The maximum Gasteiger partial charge on any atom is 0.248 e. The van der Waals surface area contributed by atoms with Crippen LogP contribution in [0.2, 0.25) is 0 Å². The van der Waals surface area contributed by atoms with Crippen molar-refractivity contribution in [3.05, 3.63) is 23.8 Å². The first-order valence-corrected chi connectivity index (χ1v) is 6.32. The Bertz CT molecular complexity index is 500. The van der Waals surface area contributed by atoms with E-state index < -0.39 is 5.54 Å². The molecule has 2 rings (SSSR count). The summed E-state index contributed by atoms with van der Waals surface area (Å²) in [6, 6.07) is 0. The van der Waals surface area contributed by atoms with Gasteiger partial charge in [-0.1, -0.05) is 6.92 Å². The number of amides is 2. The van der Waals surface area contributed by atoms with Crippen molar-refractivity contribution in [1.29, 1.82) is 0 Å². The maximum absolute atomic E-state index is 12.4. The van der Waals surface area contributed by atoms with Crippen molar-refractivity contribution in [2.24, 2.45) is 0 Å². The maximum atomic E-state index is 12.4. The highest BCUT2D eigenvalue weighted by Crippen LogP contribution is 2.19. The first-order valence-electron chi connectivity index (χ1n) is 6.32. The van der Waals surface area contributed by atoms with Crippen molar-refractivity contribution in [2.75, 3.05) is 6.54 Å². The summed E-state index contributed by atoms with van der Waals surface area (Å²) in [6.45, 7) is 5.87. The van der Waals surface area contributed by atoms with Crippen LogP contribution in [0, 0.1) is 6.92 Å². The number of carbonyl (C=O) groups is 2. The molecule has 1 aliphatic heterocycles. The first kappa shape index (κ1) is 13.5. The second-order valence-corrected chi connectivity index (χ2v) is 5.04. The largest absolute Gasteiger partial charge is 0.340 e. The second kappa shape index (κ2) is 4.95. The number of nitrogens with one attached hydrogen (secondary N) is 1. The fraction of sp³-hybridized carbons (Fsp3) is 0.538. The number of aromatic nitrogens is 2. The van der Waals surface area contributed by atoms with E-state index in [1.165, 1.54) is 4.90 Å². The molecule has 2 amide bonds. The SMILES string of the molecule is CCC1(C)NC(=O)CN(Cc2cnc(C)cn2)C1=O. The Kier molecular flexibility index (Phi) is 3.50. The molecule has 6 heteroatoms. The molecule has 19 heavy (non-hydrogen) atoms. The van der Waals surface area contributed by atoms with Crippen LogP contribution in [-0.2, 0) is 16.1 Å². The van der Waals surface area contributed by atoms with Gasteiger partial charge in [0.2, 0.25) is 11.8 Å². The van der Waals surface area contributed by atoms with Gasteiger partial charge in [-0.2, -0.15) is 0 Å². The zero-order valence-corrected chi connectivity index (χ0v) is 11.4. The molecule has 1 aliphatic rings. The van der Waals surface area contributed by atoms with E-state index in [2.05, 4.69) is 15.3 Å². The summed E-state index contributed by atoms with van der Waals surface area (Å²) < 4.78 is 0. The number of nitrogens with zero attached hydrogens (tertiary/aromatic N) is 3. The lowest BCUT2D eigenvalue weighted by atomic mass is 9.94. The van der Waals surface area contributed by atoms with Crippen LogP contribution in [0.15, 0.2) is 12.4 Å². The third-order valence-electron chi connectivity index (χ3n) is 3.40. The number of hydrogen-bond acceptors (Lipinski definition) is 4. The van der Waals surface area contributed by atoms with E-state index in [4.69, 9.17) is 0 Å². The van der Waals surface area contributed by atoms with Crippen LogP contribution >= 0.6 is 0 Å². The molecular formula is C13H18N4O2. The molecule has 0 aliphatic carbocycles. The van der Waals surface area contributed by atoms with Crippen LogP contribution in [0.5, 0.6) is 0 Å². The fourth-order valence-corrected chi connectivity index (χ4v) is 2.06. The van der Waals surface area contributed by atoms with Gasteiger partial charge in [-0.3, -0.25) is 19.6 Å². The number of aryl methyl sites for hydroxylation is 1. The highest BCUT2D eigenvalue weighted by molar-refractivity contribution is 5.97. The van der Waals surface area contributed by atoms with Gasteiger partial charge in [-0.15, -0.1) is 0 Å². The van der Waals surface area contributed by atoms with Crippen LogP contribution in [0.4, 0.5) is 0 Å². The van der Waals surface area contributed by atoms with Crippen molar-refractivity contribution in [3.8, 4) is 0 Å². The van der Waals surface area contributed by atoms with Gasteiger partial charge < -0.3 is 10.2 Å². The van der Waals surface area contributed by atoms with E-state index in [9.17, 15) is 9.59 Å². The number of piperazine rings is 1. The molecule has 1 unspecified atom stereocenters. The van der Waals surface area contributed by atoms with E-state index in [-0.39, 0.29) is 18.4 Å². The normalized spacial score (nSPS) is 23.4. The van der Waals surface area contributed by atoms with Gasteiger partial charge in [0.15, 0.2) is 0 Å². The summed E-state index contributed by atoms with van der Waals surface area (Å²) in [6.07, 6.45) is 3.86. The second-order valence-electron chi connectivity index (χ2n) is 5.04. The molecule has 1 aromatic rings. The van der Waals surface area contributed by atoms with E-state index in [1.807, 2.05) is 13.8 Å². The smallest absolute Gasteiger partial charge is 0.248 e. The van der Waals surface area contributed by atoms with E-state index in [1.54, 1.807) is 19.3 Å². The minimum Gasteiger partial charge on any atom is -0.340 e. The standard InChI is InChI=1S/C13H18N4O2/c1-4-13(3)12(19)17(8-11(18)16-13)7-10-6-14-9(2)5-15-10/h5-6H,4,7-8H2,1-3H3,(H,16,18). The van der Waals surface area contributed by atoms with E-state index in [0.717, 1.165) is 5.69 Å². The Hall–Kier alpha value is -1.98. The quantitative estimate of drug-likeness (QED) is 0.856. The van der Waals surface area contributed by atoms with Crippen molar-refractivity contribution < 1.29 is 9.59 Å². The summed E-state index contributed by atoms with van der Waals surface area (Å²) in [4.78, 5) is 33.9. The average Bonchev–Trinajstić information content (AvgIpc) is 2.38. The molecule has 0 bridgehead atoms. The summed E-state index contributed by atoms with van der Waals surface area (Å²) in [7, 11) is 0. The molecule has 1 fully saturated rings. The van der Waals surface area contributed by atoms with Gasteiger partial charge in [0.25, 0.3) is 0 Å². The molecular weight excluding hydrogens is 244 g/mol. The third kappa shape index (κ3) is 2.72. The lowest BCUT2D eigenvalue weighted by Gasteiger charge is -2.39. The lowest BCUT2D eigenvalue weighted by Crippen LogP contribution is -2.64. The summed E-state index contributed by atoms with van der Waals surface area (Å²) >= 11 is 0. The van der Waals surface area contributed by atoms with Crippen LogP contribution < -0.4 is 5.32 Å². The fourth-order valence-electron chi connectivity index (χ4n) is 2.06. The van der Waals surface area contributed by atoms with Crippen LogP contribution in [0.25, 0.3) is 0 Å². The Morgan fingerprint density at radius 2 is 2.11 bits per heavy atom. The van der Waals surface area contributed by atoms with Crippen molar-refractivity contribution in [3.63, 3.8) is 0 Å². The van der Waals surface area contributed by atoms with Gasteiger partial charge in [-0.05, 0) is 20.3 Å². The zero-order valence-electron chi connectivity index (χ0n) is 11.4. The topological polar surface area (TPSA) is 75.2 Å². The molecule has 0 spiro atoms. The number of hydrogen-bond donors (Lipinski definition) is 1. The van der Waals surface area contributed by atoms with Crippen molar-refractivity contribution in [1.82, 2.24) is 20.2 Å². The highest BCUT2D eigenvalue weighted by Gasteiger charge is 2.41. The first-order chi connectivity index (χ1) is 8.94. The summed E-state index contributed by atoms with van der Waals surface area (Å²) in [5, 5.41) is 2.75. The van der Waals surface area contributed by atoms with Crippen LogP contribution in [-0.4, -0.2) is 38.8 Å². The third-order valence-corrected chi connectivity index (χ3v) is 3.40. The Labute approximate surface area is 112 Å². The van der Waals surface area contributed by atoms with Crippen LogP contribution in [0.1, 0.15) is 31.7 Å².